The summed E-state index contributed by atoms with van der Waals surface area (Å²) < 4.78 is 34.3. The molecule has 26 heavy (non-hydrogen) atoms. The van der Waals surface area contributed by atoms with E-state index < -0.39 is 11.2 Å². The first kappa shape index (κ1) is 21.8. The van der Waals surface area contributed by atoms with Gasteiger partial charge >= 0.3 is 0 Å². The zero-order chi connectivity index (χ0) is 19.4. The van der Waals surface area contributed by atoms with Crippen molar-refractivity contribution in [2.75, 3.05) is 27.8 Å². The first-order valence-electron chi connectivity index (χ1n) is 9.42. The van der Waals surface area contributed by atoms with Crippen molar-refractivity contribution in [3.63, 3.8) is 0 Å². The Kier molecular flexibility index (Phi) is 7.27. The molecule has 0 aromatic carbocycles. The van der Waals surface area contributed by atoms with Crippen LogP contribution in [0.2, 0.25) is 0 Å². The zero-order valence-corrected chi connectivity index (χ0v) is 17.2. The van der Waals surface area contributed by atoms with E-state index in [4.69, 9.17) is 28.4 Å². The lowest BCUT2D eigenvalue weighted by atomic mass is 9.88. The van der Waals surface area contributed by atoms with E-state index in [1.807, 2.05) is 0 Å². The number of epoxide rings is 1. The van der Waals surface area contributed by atoms with E-state index >= 15 is 0 Å². The molecular weight excluding hydrogens is 336 g/mol. The third kappa shape index (κ3) is 5.06. The lowest BCUT2D eigenvalue weighted by Crippen LogP contribution is -2.47. The summed E-state index contributed by atoms with van der Waals surface area (Å²) in [5.41, 5.74) is -0.907. The van der Waals surface area contributed by atoms with Crippen molar-refractivity contribution in [1.29, 1.82) is 0 Å². The smallest absolute Gasteiger partial charge is 0.147 e. The summed E-state index contributed by atoms with van der Waals surface area (Å²) in [6.07, 6.45) is 5.35. The topological polar surface area (TPSA) is 58.7 Å². The predicted molar refractivity (Wildman–Crippen MR) is 99.0 cm³/mol. The third-order valence-electron chi connectivity index (χ3n) is 5.75. The van der Waals surface area contributed by atoms with Crippen molar-refractivity contribution in [3.05, 3.63) is 12.7 Å². The highest BCUT2D eigenvalue weighted by molar-refractivity contribution is 5.04. The van der Waals surface area contributed by atoms with E-state index in [0.717, 1.165) is 25.7 Å². The molecule has 0 bridgehead atoms. The Labute approximate surface area is 158 Å². The molecule has 0 aliphatic carbocycles. The first-order chi connectivity index (χ1) is 12.2. The van der Waals surface area contributed by atoms with Crippen molar-refractivity contribution in [3.8, 4) is 0 Å². The van der Waals surface area contributed by atoms with Crippen LogP contribution in [-0.4, -0.2) is 62.9 Å². The van der Waals surface area contributed by atoms with Gasteiger partial charge in [0.05, 0.1) is 29.0 Å². The molecule has 0 N–H and O–H groups in total. The minimum atomic E-state index is -0.446. The van der Waals surface area contributed by atoms with Gasteiger partial charge in [-0.1, -0.05) is 6.08 Å². The van der Waals surface area contributed by atoms with E-state index in [9.17, 15) is 0 Å². The summed E-state index contributed by atoms with van der Waals surface area (Å²) in [5, 5.41) is 0. The molecule has 6 heteroatoms. The van der Waals surface area contributed by atoms with E-state index in [2.05, 4.69) is 34.3 Å². The minimum absolute atomic E-state index is 0.0187. The van der Waals surface area contributed by atoms with Crippen LogP contribution in [-0.2, 0) is 28.4 Å². The quantitative estimate of drug-likeness (QED) is 0.297. The fourth-order valence-electron chi connectivity index (χ4n) is 3.81. The lowest BCUT2D eigenvalue weighted by molar-refractivity contribution is -0.212. The van der Waals surface area contributed by atoms with Crippen LogP contribution in [0.25, 0.3) is 0 Å². The number of ether oxygens (including phenoxy) is 6. The third-order valence-corrected chi connectivity index (χ3v) is 5.75. The normalized spacial score (nSPS) is 33.6. The second-order valence-corrected chi connectivity index (χ2v) is 8.30. The zero-order valence-electron chi connectivity index (χ0n) is 17.2. The van der Waals surface area contributed by atoms with E-state index in [1.165, 1.54) is 0 Å². The predicted octanol–water partition coefficient (Wildman–Crippen LogP) is 3.44. The molecule has 152 valence electrons. The van der Waals surface area contributed by atoms with Gasteiger partial charge in [0, 0.05) is 14.2 Å². The van der Waals surface area contributed by atoms with Gasteiger partial charge < -0.3 is 28.4 Å². The maximum atomic E-state index is 6.49. The summed E-state index contributed by atoms with van der Waals surface area (Å²) in [6, 6.07) is 0. The molecule has 2 aliphatic rings. The average molecular weight is 373 g/mol. The van der Waals surface area contributed by atoms with E-state index in [1.54, 1.807) is 20.3 Å². The highest BCUT2D eigenvalue weighted by Crippen LogP contribution is 2.44. The fourth-order valence-corrected chi connectivity index (χ4v) is 3.81. The molecule has 2 aliphatic heterocycles. The standard InChI is InChI=1S/C20H36O6/c1-8-15(23-13-21-6)20(5)12-10-17(26-20)19(4,24-14-22-7)11-9-16-18(2,3)25-16/h8,15-17H,1,9-14H2,2-7H3/t15-,16+,17-,19+,20+/m1/s1. The van der Waals surface area contributed by atoms with Gasteiger partial charge in [0.25, 0.3) is 0 Å². The molecule has 0 aromatic rings. The molecule has 0 spiro atoms. The molecule has 0 radical (unpaired) electrons. The van der Waals surface area contributed by atoms with Gasteiger partial charge in [0.1, 0.15) is 19.7 Å². The Bertz CT molecular complexity index is 467. The minimum Gasteiger partial charge on any atom is -0.367 e. The molecule has 2 rings (SSSR count). The maximum Gasteiger partial charge on any atom is 0.147 e. The van der Waals surface area contributed by atoms with Gasteiger partial charge in [0.2, 0.25) is 0 Å². The molecule has 6 nitrogen and oxygen atoms in total. The molecule has 0 unspecified atom stereocenters. The molecule has 0 saturated carbocycles. The molecule has 2 saturated heterocycles. The van der Waals surface area contributed by atoms with Crippen LogP contribution in [0.3, 0.4) is 0 Å². The SMILES string of the molecule is C=C[C@@H](OCOC)[C@]1(C)CC[C@H]([C@](C)(CC[C@@H]2OC2(C)C)OCOC)O1. The molecular formula is C20H36O6. The second-order valence-electron chi connectivity index (χ2n) is 8.30. The lowest BCUT2D eigenvalue weighted by Gasteiger charge is -2.38. The monoisotopic (exact) mass is 372 g/mol. The van der Waals surface area contributed by atoms with Gasteiger partial charge in [-0.2, -0.15) is 0 Å². The van der Waals surface area contributed by atoms with Crippen molar-refractivity contribution in [2.24, 2.45) is 0 Å². The summed E-state index contributed by atoms with van der Waals surface area (Å²) in [4.78, 5) is 0. The van der Waals surface area contributed by atoms with Crippen LogP contribution in [0.15, 0.2) is 12.7 Å². The van der Waals surface area contributed by atoms with Crippen molar-refractivity contribution < 1.29 is 28.4 Å². The highest BCUT2D eigenvalue weighted by atomic mass is 16.7. The second kappa shape index (κ2) is 8.67. The van der Waals surface area contributed by atoms with Crippen LogP contribution >= 0.6 is 0 Å². The Morgan fingerprint density at radius 3 is 2.38 bits per heavy atom. The Morgan fingerprint density at radius 1 is 1.19 bits per heavy atom. The van der Waals surface area contributed by atoms with Crippen molar-refractivity contribution in [1.82, 2.24) is 0 Å². The molecule has 0 aromatic heterocycles. The molecule has 2 heterocycles. The van der Waals surface area contributed by atoms with E-state index in [-0.39, 0.29) is 37.5 Å². The van der Waals surface area contributed by atoms with E-state index in [0.29, 0.717) is 0 Å². The van der Waals surface area contributed by atoms with Crippen LogP contribution in [0.4, 0.5) is 0 Å². The van der Waals surface area contributed by atoms with Gasteiger partial charge in [-0.25, -0.2) is 0 Å². The van der Waals surface area contributed by atoms with Crippen molar-refractivity contribution in [2.45, 2.75) is 88.5 Å². The largest absolute Gasteiger partial charge is 0.367 e. The molecule has 2 fully saturated rings. The number of rotatable bonds is 12. The summed E-state index contributed by atoms with van der Waals surface area (Å²) in [6.45, 7) is 12.8. The van der Waals surface area contributed by atoms with Crippen LogP contribution in [0.5, 0.6) is 0 Å². The van der Waals surface area contributed by atoms with Gasteiger partial charge in [-0.3, -0.25) is 0 Å². The number of hydrogen-bond donors (Lipinski definition) is 0. The van der Waals surface area contributed by atoms with Crippen LogP contribution in [0, 0.1) is 0 Å². The maximum absolute atomic E-state index is 6.49. The number of methoxy groups -OCH3 is 2. The number of hydrogen-bond acceptors (Lipinski definition) is 6. The summed E-state index contributed by atoms with van der Waals surface area (Å²) >= 11 is 0. The van der Waals surface area contributed by atoms with Crippen LogP contribution < -0.4 is 0 Å². The van der Waals surface area contributed by atoms with Crippen LogP contribution in [0.1, 0.15) is 53.4 Å². The average Bonchev–Trinajstić information content (AvgIpc) is 3.00. The highest BCUT2D eigenvalue weighted by Gasteiger charge is 2.52. The molecule has 5 atom stereocenters. The Morgan fingerprint density at radius 2 is 1.85 bits per heavy atom. The first-order valence-corrected chi connectivity index (χ1v) is 9.42. The van der Waals surface area contributed by atoms with Gasteiger partial charge in [-0.15, -0.1) is 6.58 Å². The van der Waals surface area contributed by atoms with Crippen molar-refractivity contribution >= 4 is 0 Å². The molecule has 0 amide bonds. The van der Waals surface area contributed by atoms with Gasteiger partial charge in [0.15, 0.2) is 0 Å². The van der Waals surface area contributed by atoms with Gasteiger partial charge in [-0.05, 0) is 53.4 Å². The fraction of sp³-hybridized carbons (Fsp3) is 0.900. The Hall–Kier alpha value is -0.500. The Balaban J connectivity index is 2.02. The summed E-state index contributed by atoms with van der Waals surface area (Å²) in [7, 11) is 3.25. The summed E-state index contributed by atoms with van der Waals surface area (Å²) in [5.74, 6) is 0.